The monoisotopic (exact) mass is 862 g/mol. The third-order valence-electron chi connectivity index (χ3n) is 10.9. The number of carbonyl (C=O) groups excluding carboxylic acids is 3. The van der Waals surface area contributed by atoms with Gasteiger partial charge in [0.25, 0.3) is 0 Å². The lowest BCUT2D eigenvalue weighted by atomic mass is 10.0. The van der Waals surface area contributed by atoms with Crippen LogP contribution >= 0.6 is 0 Å². The lowest BCUT2D eigenvalue weighted by Gasteiger charge is -2.26. The molecule has 0 aromatic heterocycles. The summed E-state index contributed by atoms with van der Waals surface area (Å²) in [6, 6.07) is 0. The van der Waals surface area contributed by atoms with Crippen LogP contribution in [-0.2, 0) is 33.3 Å². The van der Waals surface area contributed by atoms with Gasteiger partial charge in [0.2, 0.25) is 0 Å². The summed E-state index contributed by atoms with van der Waals surface area (Å²) in [5.74, 6) is -2.29. The van der Waals surface area contributed by atoms with E-state index in [-0.39, 0.29) is 32.2 Å². The summed E-state index contributed by atoms with van der Waals surface area (Å²) in [7, 11) is 5.91. The highest BCUT2D eigenvalue weighted by atomic mass is 16.7. The van der Waals surface area contributed by atoms with Crippen molar-refractivity contribution in [1.82, 2.24) is 0 Å². The van der Waals surface area contributed by atoms with Gasteiger partial charge in [-0.2, -0.15) is 0 Å². The first kappa shape index (κ1) is 58.5. The molecule has 0 radical (unpaired) electrons. The Bertz CT molecular complexity index is 1100. The quantitative estimate of drug-likeness (QED) is 0.0196. The van der Waals surface area contributed by atoms with Gasteiger partial charge in [0.15, 0.2) is 12.4 Å². The normalized spacial score (nSPS) is 13.1. The van der Waals surface area contributed by atoms with Gasteiger partial charge >= 0.3 is 11.9 Å². The molecule has 0 aromatic rings. The number of allylic oxidation sites excluding steroid dienone is 6. The summed E-state index contributed by atoms with van der Waals surface area (Å²) in [4.78, 5) is 36.8. The highest BCUT2D eigenvalue weighted by molar-refractivity contribution is 5.70. The van der Waals surface area contributed by atoms with Crippen LogP contribution in [0.2, 0.25) is 0 Å². The highest BCUT2D eigenvalue weighted by Crippen LogP contribution is 2.15. The number of hydrogen-bond donors (Lipinski definition) is 0. The lowest BCUT2D eigenvalue weighted by Crippen LogP contribution is -2.44. The summed E-state index contributed by atoms with van der Waals surface area (Å²) >= 11 is 0. The second kappa shape index (κ2) is 44.1. The standard InChI is InChI=1S/C52H95NO8/c1-6-8-10-12-14-15-16-17-18-19-20-21-22-23-24-25-26-27-28-29-30-31-32-33-34-35-37-39-41-43-50(55)61-48(46-59-49(54)42-40-38-36-13-11-9-7-2)47-60-52(51(56)57)58-45-44-53(3,4)5/h16-17,19-20,22-23,48,52H,6-15,18,21,24-47H2,1-5H3/b17-16-,20-19-,23-22-. The van der Waals surface area contributed by atoms with Crippen molar-refractivity contribution in [3.05, 3.63) is 36.5 Å². The molecule has 0 saturated heterocycles. The van der Waals surface area contributed by atoms with Gasteiger partial charge in [0.05, 0.1) is 40.3 Å². The van der Waals surface area contributed by atoms with Gasteiger partial charge in [-0.05, 0) is 51.4 Å². The molecule has 0 amide bonds. The number of likely N-dealkylation sites (N-methyl/N-ethyl adjacent to an activating group) is 1. The Balaban J connectivity index is 4.08. The number of nitrogens with zero attached hydrogens (tertiary/aromatic N) is 1. The van der Waals surface area contributed by atoms with E-state index in [1.165, 1.54) is 141 Å². The first-order valence-corrected chi connectivity index (χ1v) is 25.1. The Labute approximate surface area is 375 Å². The number of unbranched alkanes of at least 4 members (excludes halogenated alkanes) is 25. The number of quaternary nitrogens is 1. The smallest absolute Gasteiger partial charge is 0.306 e. The van der Waals surface area contributed by atoms with Crippen LogP contribution in [0, 0.1) is 0 Å². The third kappa shape index (κ3) is 45.4. The van der Waals surface area contributed by atoms with Crippen molar-refractivity contribution in [1.29, 1.82) is 0 Å². The number of esters is 2. The van der Waals surface area contributed by atoms with Gasteiger partial charge in [-0.25, -0.2) is 0 Å². The minimum Gasteiger partial charge on any atom is -0.545 e. The number of carboxylic acids is 1. The minimum atomic E-state index is -1.62. The molecular formula is C52H95NO8. The topological polar surface area (TPSA) is 111 Å². The predicted molar refractivity (Wildman–Crippen MR) is 251 cm³/mol. The molecule has 0 heterocycles. The Morgan fingerprint density at radius 1 is 0.492 bits per heavy atom. The van der Waals surface area contributed by atoms with Gasteiger partial charge in [-0.15, -0.1) is 0 Å². The maximum atomic E-state index is 12.7. The molecule has 0 aliphatic rings. The van der Waals surface area contributed by atoms with Crippen LogP contribution in [0.25, 0.3) is 0 Å². The molecule has 0 saturated carbocycles. The second-order valence-electron chi connectivity index (χ2n) is 18.1. The van der Waals surface area contributed by atoms with Crippen LogP contribution in [0.15, 0.2) is 36.5 Å². The number of carbonyl (C=O) groups is 3. The van der Waals surface area contributed by atoms with E-state index in [0.717, 1.165) is 44.9 Å². The van der Waals surface area contributed by atoms with Crippen molar-refractivity contribution in [3.8, 4) is 0 Å². The van der Waals surface area contributed by atoms with E-state index in [4.69, 9.17) is 18.9 Å². The zero-order valence-corrected chi connectivity index (χ0v) is 40.3. The molecule has 0 bridgehead atoms. The lowest BCUT2D eigenvalue weighted by molar-refractivity contribution is -0.870. The maximum Gasteiger partial charge on any atom is 0.306 e. The fraction of sp³-hybridized carbons (Fsp3) is 0.827. The molecule has 0 aliphatic heterocycles. The molecule has 0 N–H and O–H groups in total. The fourth-order valence-electron chi connectivity index (χ4n) is 6.95. The van der Waals surface area contributed by atoms with E-state index in [0.29, 0.717) is 23.9 Å². The number of carboxylic acid groups (broad SMARTS) is 1. The van der Waals surface area contributed by atoms with Gasteiger partial charge in [0.1, 0.15) is 13.2 Å². The van der Waals surface area contributed by atoms with Crippen molar-refractivity contribution in [3.63, 3.8) is 0 Å². The van der Waals surface area contributed by atoms with Gasteiger partial charge < -0.3 is 33.3 Å². The summed E-state index contributed by atoms with van der Waals surface area (Å²) in [6.07, 6.45) is 47.9. The molecule has 61 heavy (non-hydrogen) atoms. The van der Waals surface area contributed by atoms with Crippen LogP contribution in [0.3, 0.4) is 0 Å². The van der Waals surface area contributed by atoms with Gasteiger partial charge in [-0.3, -0.25) is 9.59 Å². The molecule has 0 spiro atoms. The van der Waals surface area contributed by atoms with Crippen LogP contribution in [-0.4, -0.2) is 82.3 Å². The zero-order valence-electron chi connectivity index (χ0n) is 40.3. The minimum absolute atomic E-state index is 0.149. The van der Waals surface area contributed by atoms with Crippen molar-refractivity contribution in [2.45, 2.75) is 232 Å². The molecule has 0 aliphatic carbocycles. The van der Waals surface area contributed by atoms with E-state index in [1.54, 1.807) is 0 Å². The van der Waals surface area contributed by atoms with Crippen molar-refractivity contribution in [2.24, 2.45) is 0 Å². The number of hydrogen-bond acceptors (Lipinski definition) is 8. The molecule has 9 heteroatoms. The molecule has 0 fully saturated rings. The predicted octanol–water partition coefficient (Wildman–Crippen LogP) is 12.4. The number of rotatable bonds is 46. The van der Waals surface area contributed by atoms with Gasteiger partial charge in [0, 0.05) is 12.8 Å². The molecule has 0 rings (SSSR count). The molecule has 0 aromatic carbocycles. The summed E-state index contributed by atoms with van der Waals surface area (Å²) in [5, 5.41) is 11.7. The first-order chi connectivity index (χ1) is 29.6. The van der Waals surface area contributed by atoms with E-state index in [9.17, 15) is 19.5 Å². The Morgan fingerprint density at radius 2 is 0.885 bits per heavy atom. The fourth-order valence-corrected chi connectivity index (χ4v) is 6.95. The largest absolute Gasteiger partial charge is 0.545 e. The summed E-state index contributed by atoms with van der Waals surface area (Å²) in [6.45, 7) is 4.69. The average Bonchev–Trinajstić information content (AvgIpc) is 3.22. The number of aliphatic carboxylic acids is 1. The SMILES string of the molecule is CCCCCCC/C=C\C/C=C\C/C=C\CCCCCCCCCCCCCCCCC(=O)OC(COC(=O)CCCCCCCCC)COC(OCC[N+](C)(C)C)C(=O)[O-]. The zero-order chi connectivity index (χ0) is 44.9. The molecule has 356 valence electrons. The van der Waals surface area contributed by atoms with Gasteiger partial charge in [-0.1, -0.05) is 192 Å². The van der Waals surface area contributed by atoms with E-state index < -0.39 is 24.3 Å². The maximum absolute atomic E-state index is 12.7. The summed E-state index contributed by atoms with van der Waals surface area (Å²) in [5.41, 5.74) is 0. The highest BCUT2D eigenvalue weighted by Gasteiger charge is 2.21. The Kier molecular flexibility index (Phi) is 42.3. The second-order valence-corrected chi connectivity index (χ2v) is 18.1. The number of ether oxygens (including phenoxy) is 4. The van der Waals surface area contributed by atoms with Crippen molar-refractivity contribution in [2.75, 3.05) is 47.5 Å². The van der Waals surface area contributed by atoms with E-state index >= 15 is 0 Å². The van der Waals surface area contributed by atoms with Crippen molar-refractivity contribution < 1.29 is 42.9 Å². The van der Waals surface area contributed by atoms with E-state index in [2.05, 4.69) is 50.3 Å². The Hall–Kier alpha value is -2.49. The molecule has 2 unspecified atom stereocenters. The third-order valence-corrected chi connectivity index (χ3v) is 10.9. The molecule has 2 atom stereocenters. The van der Waals surface area contributed by atoms with Crippen molar-refractivity contribution >= 4 is 17.9 Å². The van der Waals surface area contributed by atoms with Crippen LogP contribution in [0.5, 0.6) is 0 Å². The van der Waals surface area contributed by atoms with Crippen LogP contribution in [0.4, 0.5) is 0 Å². The van der Waals surface area contributed by atoms with E-state index in [1.807, 2.05) is 21.1 Å². The molecule has 9 nitrogen and oxygen atoms in total. The van der Waals surface area contributed by atoms with Crippen LogP contribution in [0.1, 0.15) is 219 Å². The Morgan fingerprint density at radius 3 is 1.31 bits per heavy atom. The molecular weight excluding hydrogens is 767 g/mol. The van der Waals surface area contributed by atoms with Crippen LogP contribution < -0.4 is 5.11 Å². The average molecular weight is 862 g/mol. The first-order valence-electron chi connectivity index (χ1n) is 25.1. The summed E-state index contributed by atoms with van der Waals surface area (Å²) < 4.78 is 22.5.